The molecular formula is C8H5FINO4. The van der Waals surface area contributed by atoms with Crippen LogP contribution in [0.3, 0.4) is 0 Å². The molecule has 15 heavy (non-hydrogen) atoms. The Morgan fingerprint density at radius 3 is 2.60 bits per heavy atom. The zero-order valence-electron chi connectivity index (χ0n) is 7.45. The third-order valence-corrected chi connectivity index (χ3v) is 2.65. The first-order valence-corrected chi connectivity index (χ1v) is 4.80. The van der Waals surface area contributed by atoms with Gasteiger partial charge in [-0.3, -0.25) is 10.1 Å². The number of nitro benzene ring substituents is 1. The van der Waals surface area contributed by atoms with Crippen molar-refractivity contribution in [3.8, 4) is 0 Å². The van der Waals surface area contributed by atoms with Crippen molar-refractivity contribution >= 4 is 34.2 Å². The molecule has 0 aromatic heterocycles. The molecule has 0 fully saturated rings. The largest absolute Gasteiger partial charge is 0.478 e. The van der Waals surface area contributed by atoms with Crippen molar-refractivity contribution in [3.63, 3.8) is 0 Å². The summed E-state index contributed by atoms with van der Waals surface area (Å²) in [6.07, 6.45) is 0. The molecule has 0 bridgehead atoms. The Kier molecular flexibility index (Phi) is 3.22. The number of carboxylic acids is 1. The fraction of sp³-hybridized carbons (Fsp3) is 0.125. The molecule has 5 nitrogen and oxygen atoms in total. The molecule has 0 aliphatic carbocycles. The highest BCUT2D eigenvalue weighted by atomic mass is 127. The molecule has 1 aromatic rings. The minimum Gasteiger partial charge on any atom is -0.478 e. The molecule has 80 valence electrons. The fourth-order valence-electron chi connectivity index (χ4n) is 1.15. The van der Waals surface area contributed by atoms with Crippen molar-refractivity contribution in [1.29, 1.82) is 0 Å². The molecule has 0 aliphatic rings. The van der Waals surface area contributed by atoms with Gasteiger partial charge in [0.15, 0.2) is 5.82 Å². The Morgan fingerprint density at radius 2 is 2.20 bits per heavy atom. The van der Waals surface area contributed by atoms with E-state index in [1.165, 1.54) is 29.5 Å². The Morgan fingerprint density at radius 1 is 1.67 bits per heavy atom. The maximum absolute atomic E-state index is 13.3. The van der Waals surface area contributed by atoms with E-state index in [0.717, 1.165) is 6.07 Å². The monoisotopic (exact) mass is 325 g/mol. The number of nitro groups is 1. The minimum absolute atomic E-state index is 0.0812. The van der Waals surface area contributed by atoms with Gasteiger partial charge in [0.25, 0.3) is 5.69 Å². The number of nitrogens with zero attached hydrogens (tertiary/aromatic N) is 1. The lowest BCUT2D eigenvalue weighted by molar-refractivity contribution is -0.385. The lowest BCUT2D eigenvalue weighted by atomic mass is 10.1. The molecule has 0 heterocycles. The van der Waals surface area contributed by atoms with E-state index < -0.39 is 28.0 Å². The van der Waals surface area contributed by atoms with Crippen molar-refractivity contribution in [2.24, 2.45) is 0 Å². The first-order chi connectivity index (χ1) is 6.86. The third kappa shape index (κ3) is 2.06. The number of carboxylic acid groups (broad SMARTS) is 1. The Labute approximate surface area is 97.2 Å². The van der Waals surface area contributed by atoms with Crippen LogP contribution in [0.4, 0.5) is 10.1 Å². The van der Waals surface area contributed by atoms with Crippen LogP contribution in [0.15, 0.2) is 6.07 Å². The van der Waals surface area contributed by atoms with E-state index in [9.17, 15) is 19.3 Å². The maximum Gasteiger partial charge on any atom is 0.339 e. The average Bonchev–Trinajstić information content (AvgIpc) is 2.10. The second kappa shape index (κ2) is 4.09. The number of rotatable bonds is 2. The zero-order chi connectivity index (χ0) is 11.7. The minimum atomic E-state index is -1.51. The molecule has 0 spiro atoms. The van der Waals surface area contributed by atoms with Crippen LogP contribution < -0.4 is 0 Å². The van der Waals surface area contributed by atoms with Gasteiger partial charge in [-0.25, -0.2) is 9.18 Å². The summed E-state index contributed by atoms with van der Waals surface area (Å²) in [5, 5.41) is 19.3. The quantitative estimate of drug-likeness (QED) is 0.514. The first kappa shape index (κ1) is 11.8. The van der Waals surface area contributed by atoms with Crippen molar-refractivity contribution in [1.82, 2.24) is 0 Å². The molecule has 0 radical (unpaired) electrons. The van der Waals surface area contributed by atoms with Crippen LogP contribution in [0.5, 0.6) is 0 Å². The molecule has 1 N–H and O–H groups in total. The van der Waals surface area contributed by atoms with Crippen LogP contribution >= 0.6 is 22.6 Å². The van der Waals surface area contributed by atoms with Gasteiger partial charge in [-0.15, -0.1) is 0 Å². The van der Waals surface area contributed by atoms with Gasteiger partial charge in [-0.05, 0) is 29.5 Å². The Balaban J connectivity index is 3.63. The molecule has 0 amide bonds. The van der Waals surface area contributed by atoms with Crippen LogP contribution in [0.25, 0.3) is 0 Å². The fourth-order valence-corrected chi connectivity index (χ4v) is 1.71. The lowest BCUT2D eigenvalue weighted by Gasteiger charge is -2.05. The second-order valence-corrected chi connectivity index (χ2v) is 3.92. The molecule has 0 saturated carbocycles. The van der Waals surface area contributed by atoms with Crippen LogP contribution in [-0.4, -0.2) is 16.0 Å². The summed E-state index contributed by atoms with van der Waals surface area (Å²) in [7, 11) is 0. The van der Waals surface area contributed by atoms with Gasteiger partial charge >= 0.3 is 5.97 Å². The van der Waals surface area contributed by atoms with Crippen molar-refractivity contribution in [2.75, 3.05) is 0 Å². The molecule has 1 rings (SSSR count). The maximum atomic E-state index is 13.3. The first-order valence-electron chi connectivity index (χ1n) is 3.72. The molecule has 0 atom stereocenters. The van der Waals surface area contributed by atoms with E-state index in [1.54, 1.807) is 0 Å². The number of hydrogen-bond acceptors (Lipinski definition) is 3. The van der Waals surface area contributed by atoms with Gasteiger partial charge in [0, 0.05) is 11.6 Å². The molecule has 1 aromatic carbocycles. The average molecular weight is 325 g/mol. The van der Waals surface area contributed by atoms with Gasteiger partial charge in [-0.2, -0.15) is 0 Å². The molecule has 0 aliphatic heterocycles. The van der Waals surface area contributed by atoms with E-state index in [0.29, 0.717) is 0 Å². The Hall–Kier alpha value is -1.25. The number of carbonyl (C=O) groups is 1. The summed E-state index contributed by atoms with van der Waals surface area (Å²) in [5.74, 6) is -2.45. The zero-order valence-corrected chi connectivity index (χ0v) is 9.61. The number of halogens is 2. The number of benzene rings is 1. The molecule has 7 heteroatoms. The van der Waals surface area contributed by atoms with Crippen molar-refractivity contribution in [2.45, 2.75) is 6.92 Å². The van der Waals surface area contributed by atoms with Gasteiger partial charge in [0.1, 0.15) is 5.56 Å². The van der Waals surface area contributed by atoms with Crippen LogP contribution in [-0.2, 0) is 0 Å². The predicted molar refractivity (Wildman–Crippen MR) is 57.5 cm³/mol. The van der Waals surface area contributed by atoms with E-state index in [2.05, 4.69) is 0 Å². The molecule has 0 saturated heterocycles. The highest BCUT2D eigenvalue weighted by molar-refractivity contribution is 14.1. The van der Waals surface area contributed by atoms with E-state index in [1.807, 2.05) is 0 Å². The summed E-state index contributed by atoms with van der Waals surface area (Å²) >= 11 is 1.52. The molecule has 0 unspecified atom stereocenters. The van der Waals surface area contributed by atoms with Gasteiger partial charge in [0.2, 0.25) is 0 Å². The van der Waals surface area contributed by atoms with E-state index in [-0.39, 0.29) is 9.13 Å². The summed E-state index contributed by atoms with van der Waals surface area (Å²) < 4.78 is 13.3. The van der Waals surface area contributed by atoms with Gasteiger partial charge < -0.3 is 5.11 Å². The van der Waals surface area contributed by atoms with Crippen molar-refractivity contribution in [3.05, 3.63) is 36.7 Å². The number of hydrogen-bond donors (Lipinski definition) is 1. The van der Waals surface area contributed by atoms with Crippen molar-refractivity contribution < 1.29 is 19.2 Å². The summed E-state index contributed by atoms with van der Waals surface area (Å²) in [6, 6.07) is 1.01. The van der Waals surface area contributed by atoms with Gasteiger partial charge in [-0.1, -0.05) is 0 Å². The van der Waals surface area contributed by atoms with E-state index in [4.69, 9.17) is 5.11 Å². The van der Waals surface area contributed by atoms with Crippen LogP contribution in [0, 0.1) is 26.4 Å². The normalized spacial score (nSPS) is 10.1. The topological polar surface area (TPSA) is 80.4 Å². The Bertz CT molecular complexity index is 460. The SMILES string of the molecule is Cc1c([N+](=O)[O-])cc(I)c(F)c1C(=O)O. The summed E-state index contributed by atoms with van der Waals surface area (Å²) in [4.78, 5) is 20.5. The summed E-state index contributed by atoms with van der Waals surface area (Å²) in [5.41, 5.74) is -1.21. The van der Waals surface area contributed by atoms with Crippen LogP contribution in [0.1, 0.15) is 15.9 Å². The summed E-state index contributed by atoms with van der Waals surface area (Å²) in [6.45, 7) is 1.21. The highest BCUT2D eigenvalue weighted by Gasteiger charge is 2.24. The lowest BCUT2D eigenvalue weighted by Crippen LogP contribution is -2.08. The second-order valence-electron chi connectivity index (χ2n) is 2.75. The van der Waals surface area contributed by atoms with Crippen LogP contribution in [0.2, 0.25) is 0 Å². The molecular weight excluding hydrogens is 320 g/mol. The standard InChI is InChI=1S/C8H5FINO4/c1-3-5(11(14)15)2-4(10)7(9)6(3)8(12)13/h2H,1H3,(H,12,13). The van der Waals surface area contributed by atoms with Gasteiger partial charge in [0.05, 0.1) is 8.49 Å². The number of aromatic carboxylic acids is 1. The smallest absolute Gasteiger partial charge is 0.339 e. The third-order valence-electron chi connectivity index (χ3n) is 1.86. The highest BCUT2D eigenvalue weighted by Crippen LogP contribution is 2.28. The predicted octanol–water partition coefficient (Wildman–Crippen LogP) is 2.35. The van der Waals surface area contributed by atoms with E-state index >= 15 is 0 Å².